The lowest BCUT2D eigenvalue weighted by atomic mass is 10.2. The Morgan fingerprint density at radius 3 is 2.81 bits per heavy atom. The fraction of sp³-hybridized carbons (Fsp3) is 0.143. The summed E-state index contributed by atoms with van der Waals surface area (Å²) in [6, 6.07) is 9.46. The Morgan fingerprint density at radius 2 is 2.06 bits per heavy atom. The molecule has 0 spiro atoms. The highest BCUT2D eigenvalue weighted by Gasteiger charge is 2.14. The zero-order chi connectivity index (χ0) is 11.5. The molecule has 0 aliphatic carbocycles. The predicted molar refractivity (Wildman–Crippen MR) is 64.9 cm³/mol. The molecule has 0 aliphatic rings. The Bertz CT molecular complexity index is 587. The highest BCUT2D eigenvalue weighted by molar-refractivity contribution is 5.81. The first kappa shape index (κ1) is 10.5. The summed E-state index contributed by atoms with van der Waals surface area (Å²) in [6.45, 7) is 3.89. The van der Waals surface area contributed by atoms with Crippen molar-refractivity contribution in [3.63, 3.8) is 0 Å². The number of aromatic hydroxyl groups is 1. The van der Waals surface area contributed by atoms with E-state index in [2.05, 4.69) is 5.73 Å². The van der Waals surface area contributed by atoms with Gasteiger partial charge in [-0.05, 0) is 31.2 Å². The van der Waals surface area contributed by atoms with Gasteiger partial charge in [0, 0.05) is 13.0 Å². The molecule has 0 atom stereocenters. The zero-order valence-electron chi connectivity index (χ0n) is 9.44. The quantitative estimate of drug-likeness (QED) is 0.570. The molecule has 0 aliphatic heterocycles. The van der Waals surface area contributed by atoms with Crippen LogP contribution in [0.4, 0.5) is 0 Å². The number of allylic oxidation sites excluding steroid dienone is 1. The van der Waals surface area contributed by atoms with E-state index in [9.17, 15) is 5.11 Å². The monoisotopic (exact) mass is 212 g/mol. The topological polar surface area (TPSA) is 24.1 Å². The van der Waals surface area contributed by atoms with E-state index in [1.807, 2.05) is 55.0 Å². The molecule has 2 rings (SSSR count). The number of aromatic nitrogens is 1. The summed E-state index contributed by atoms with van der Waals surface area (Å²) < 4.78 is 1.94. The molecule has 80 valence electrons. The SMILES string of the molecule is CC=C=C(C)[n+]1cccc2cccc(O)c21. The van der Waals surface area contributed by atoms with Gasteiger partial charge in [0.25, 0.3) is 5.52 Å². The van der Waals surface area contributed by atoms with E-state index < -0.39 is 0 Å². The molecule has 1 N–H and O–H groups in total. The third-order valence-corrected chi connectivity index (χ3v) is 2.51. The van der Waals surface area contributed by atoms with Crippen LogP contribution in [0.1, 0.15) is 13.8 Å². The van der Waals surface area contributed by atoms with Crippen molar-refractivity contribution < 1.29 is 9.67 Å². The van der Waals surface area contributed by atoms with Crippen LogP contribution in [0, 0.1) is 0 Å². The number of phenolic OH excluding ortho intramolecular Hbond substituents is 1. The average molecular weight is 212 g/mol. The van der Waals surface area contributed by atoms with Crippen LogP contribution in [-0.4, -0.2) is 5.11 Å². The Kier molecular flexibility index (Phi) is 2.76. The molecule has 0 bridgehead atoms. The maximum absolute atomic E-state index is 9.90. The fourth-order valence-corrected chi connectivity index (χ4v) is 1.81. The summed E-state index contributed by atoms with van der Waals surface area (Å²) in [5.41, 5.74) is 4.89. The van der Waals surface area contributed by atoms with Crippen LogP contribution >= 0.6 is 0 Å². The van der Waals surface area contributed by atoms with Crippen molar-refractivity contribution in [2.45, 2.75) is 13.8 Å². The molecular weight excluding hydrogens is 198 g/mol. The molecule has 0 amide bonds. The van der Waals surface area contributed by atoms with Crippen molar-refractivity contribution in [1.29, 1.82) is 0 Å². The van der Waals surface area contributed by atoms with Gasteiger partial charge in [0.2, 0.25) is 5.70 Å². The van der Waals surface area contributed by atoms with Crippen molar-refractivity contribution in [3.05, 3.63) is 48.3 Å². The van der Waals surface area contributed by atoms with Gasteiger partial charge < -0.3 is 5.11 Å². The van der Waals surface area contributed by atoms with E-state index in [4.69, 9.17) is 0 Å². The van der Waals surface area contributed by atoms with E-state index in [1.54, 1.807) is 6.07 Å². The van der Waals surface area contributed by atoms with Crippen LogP contribution in [-0.2, 0) is 0 Å². The van der Waals surface area contributed by atoms with Crippen LogP contribution in [0.5, 0.6) is 5.75 Å². The van der Waals surface area contributed by atoms with Crippen molar-refractivity contribution in [1.82, 2.24) is 0 Å². The van der Waals surface area contributed by atoms with E-state index in [0.717, 1.165) is 16.6 Å². The van der Waals surface area contributed by atoms with Crippen molar-refractivity contribution in [3.8, 4) is 5.75 Å². The minimum atomic E-state index is 0.287. The van der Waals surface area contributed by atoms with E-state index in [-0.39, 0.29) is 5.75 Å². The van der Waals surface area contributed by atoms with E-state index >= 15 is 0 Å². The first-order valence-electron chi connectivity index (χ1n) is 5.24. The second kappa shape index (κ2) is 4.21. The maximum atomic E-state index is 9.90. The van der Waals surface area contributed by atoms with Crippen LogP contribution < -0.4 is 4.57 Å². The van der Waals surface area contributed by atoms with Crippen LogP contribution in [0.25, 0.3) is 16.6 Å². The third kappa shape index (κ3) is 1.71. The molecule has 1 aromatic carbocycles. The molecule has 0 saturated heterocycles. The van der Waals surface area contributed by atoms with E-state index in [0.29, 0.717) is 0 Å². The standard InChI is InChI=1S/C14H13NO/c1-3-6-11(2)15-10-5-8-12-7-4-9-13(16)14(12)15/h3-5,7-10H,1-2H3/p+1. The Hall–Kier alpha value is -2.05. The van der Waals surface area contributed by atoms with Crippen molar-refractivity contribution in [2.75, 3.05) is 0 Å². The third-order valence-electron chi connectivity index (χ3n) is 2.51. The van der Waals surface area contributed by atoms with Crippen LogP contribution in [0.3, 0.4) is 0 Å². The number of benzene rings is 1. The number of hydrogen-bond donors (Lipinski definition) is 1. The molecule has 0 saturated carbocycles. The number of nitrogens with zero attached hydrogens (tertiary/aromatic N) is 1. The first-order chi connectivity index (χ1) is 7.74. The average Bonchev–Trinajstić information content (AvgIpc) is 2.29. The van der Waals surface area contributed by atoms with Crippen molar-refractivity contribution >= 4 is 16.6 Å². The van der Waals surface area contributed by atoms with Gasteiger partial charge >= 0.3 is 0 Å². The summed E-state index contributed by atoms with van der Waals surface area (Å²) in [7, 11) is 0. The summed E-state index contributed by atoms with van der Waals surface area (Å²) >= 11 is 0. The van der Waals surface area contributed by atoms with Crippen LogP contribution in [0.15, 0.2) is 48.3 Å². The maximum Gasteiger partial charge on any atom is 0.260 e. The number of hydrogen-bond acceptors (Lipinski definition) is 1. The number of pyridine rings is 1. The molecule has 2 nitrogen and oxygen atoms in total. The molecule has 0 unspecified atom stereocenters. The van der Waals surface area contributed by atoms with Gasteiger partial charge in [-0.25, -0.2) is 0 Å². The van der Waals surface area contributed by atoms with Gasteiger partial charge in [-0.1, -0.05) is 11.8 Å². The molecule has 0 fully saturated rings. The second-order valence-electron chi connectivity index (χ2n) is 3.61. The van der Waals surface area contributed by atoms with Gasteiger partial charge in [-0.3, -0.25) is 0 Å². The Labute approximate surface area is 94.8 Å². The predicted octanol–water partition coefficient (Wildman–Crippen LogP) is 2.87. The molecule has 1 heterocycles. The van der Waals surface area contributed by atoms with Gasteiger partial charge in [0.05, 0.1) is 5.39 Å². The number of fused-ring (bicyclic) bond motifs is 1. The molecule has 1 aromatic heterocycles. The van der Waals surface area contributed by atoms with Gasteiger partial charge in [0.15, 0.2) is 11.9 Å². The Balaban J connectivity index is 2.85. The largest absolute Gasteiger partial charge is 0.502 e. The molecular formula is C14H14NO+. The highest BCUT2D eigenvalue weighted by atomic mass is 16.3. The fourth-order valence-electron chi connectivity index (χ4n) is 1.81. The number of rotatable bonds is 1. The first-order valence-corrected chi connectivity index (χ1v) is 5.24. The van der Waals surface area contributed by atoms with E-state index in [1.165, 1.54) is 0 Å². The lowest BCUT2D eigenvalue weighted by molar-refractivity contribution is -0.552. The van der Waals surface area contributed by atoms with Gasteiger partial charge in [0.1, 0.15) is 0 Å². The lowest BCUT2D eigenvalue weighted by Gasteiger charge is -2.00. The molecule has 2 heteroatoms. The smallest absolute Gasteiger partial charge is 0.260 e. The summed E-state index contributed by atoms with van der Waals surface area (Å²) in [5.74, 6) is 0.287. The Morgan fingerprint density at radius 1 is 1.31 bits per heavy atom. The van der Waals surface area contributed by atoms with Crippen molar-refractivity contribution in [2.24, 2.45) is 0 Å². The number of phenols is 1. The summed E-state index contributed by atoms with van der Waals surface area (Å²) in [5, 5.41) is 10.9. The molecule has 16 heavy (non-hydrogen) atoms. The normalized spacial score (nSPS) is 9.88. The van der Waals surface area contributed by atoms with Gasteiger partial charge in [-0.15, -0.1) is 0 Å². The highest BCUT2D eigenvalue weighted by Crippen LogP contribution is 2.20. The lowest BCUT2D eigenvalue weighted by Crippen LogP contribution is -2.30. The minimum absolute atomic E-state index is 0.287. The summed E-state index contributed by atoms with van der Waals surface area (Å²) in [4.78, 5) is 0. The minimum Gasteiger partial charge on any atom is -0.502 e. The number of para-hydroxylation sites is 1. The summed E-state index contributed by atoms with van der Waals surface area (Å²) in [6.07, 6.45) is 3.79. The zero-order valence-corrected chi connectivity index (χ0v) is 9.44. The second-order valence-corrected chi connectivity index (χ2v) is 3.61. The van der Waals surface area contributed by atoms with Crippen LogP contribution in [0.2, 0.25) is 0 Å². The van der Waals surface area contributed by atoms with Gasteiger partial charge in [-0.2, -0.15) is 4.57 Å². The molecule has 2 aromatic rings. The molecule has 0 radical (unpaired) electrons.